The summed E-state index contributed by atoms with van der Waals surface area (Å²) in [4.78, 5) is 32.4. The second-order valence-corrected chi connectivity index (χ2v) is 9.59. The van der Waals surface area contributed by atoms with E-state index in [1.165, 1.54) is 5.56 Å². The second kappa shape index (κ2) is 11.3. The van der Waals surface area contributed by atoms with E-state index in [9.17, 15) is 9.59 Å². The average Bonchev–Trinajstić information content (AvgIpc) is 3.32. The maximum absolute atomic E-state index is 13.1. The van der Waals surface area contributed by atoms with Gasteiger partial charge in [0.05, 0.1) is 23.7 Å². The van der Waals surface area contributed by atoms with Crippen molar-refractivity contribution in [2.45, 2.75) is 40.2 Å². The molecule has 184 valence electrons. The van der Waals surface area contributed by atoms with Crippen molar-refractivity contribution in [3.05, 3.63) is 65.5 Å². The Morgan fingerprint density at radius 3 is 2.69 bits per heavy atom. The molecular weight excluding hydrogens is 442 g/mol. The first-order valence-electron chi connectivity index (χ1n) is 12.2. The number of amides is 2. The smallest absolute Gasteiger partial charge is 0.253 e. The van der Waals surface area contributed by atoms with Gasteiger partial charge in [-0.1, -0.05) is 61.0 Å². The fourth-order valence-electron chi connectivity index (χ4n) is 4.16. The molecule has 2 amide bonds. The second-order valence-electron chi connectivity index (χ2n) is 9.59. The van der Waals surface area contributed by atoms with Crippen molar-refractivity contribution < 1.29 is 14.1 Å². The van der Waals surface area contributed by atoms with Crippen molar-refractivity contribution in [1.29, 1.82) is 0 Å². The number of carbonyl (C=O) groups excluding carboxylic acids is 2. The largest absolute Gasteiger partial charge is 0.352 e. The topological polar surface area (TPSA) is 100 Å². The summed E-state index contributed by atoms with van der Waals surface area (Å²) >= 11 is 0. The fraction of sp³-hybridized carbons (Fsp3) is 0.407. The Hall–Kier alpha value is -3.52. The summed E-state index contributed by atoms with van der Waals surface area (Å²) in [6.07, 6.45) is 1.69. The molecule has 4 rings (SSSR count). The zero-order valence-electron chi connectivity index (χ0n) is 20.6. The average molecular weight is 476 g/mol. The highest BCUT2D eigenvalue weighted by Crippen LogP contribution is 2.23. The van der Waals surface area contributed by atoms with Crippen LogP contribution in [-0.4, -0.2) is 46.5 Å². The quantitative estimate of drug-likeness (QED) is 0.504. The zero-order valence-corrected chi connectivity index (χ0v) is 20.6. The molecule has 1 aliphatic rings. The lowest BCUT2D eigenvalue weighted by atomic mass is 9.96. The summed E-state index contributed by atoms with van der Waals surface area (Å²) in [5.41, 5.74) is 3.10. The lowest BCUT2D eigenvalue weighted by molar-refractivity contribution is -0.121. The van der Waals surface area contributed by atoms with Crippen LogP contribution in [0.5, 0.6) is 0 Å². The van der Waals surface area contributed by atoms with Gasteiger partial charge in [0, 0.05) is 18.7 Å². The standard InChI is InChI=1S/C27H33N5O3/c1-18(2)15-28-27(34)22-8-4-5-9-23(22)29-26(33)21-7-6-14-32(16-21)17-24-30-25(31-35-24)20-12-10-19(3)11-13-20/h4-5,8-13,18,21H,6-7,14-17H2,1-3H3,(H,28,34)(H,29,33). The lowest BCUT2D eigenvalue weighted by Gasteiger charge is -2.31. The SMILES string of the molecule is Cc1ccc(-c2noc(CN3CCCC(C(=O)Nc4ccccc4C(=O)NCC(C)C)C3)n2)cc1. The number of carbonyl (C=O) groups is 2. The van der Waals surface area contributed by atoms with E-state index >= 15 is 0 Å². The van der Waals surface area contributed by atoms with Gasteiger partial charge in [0.1, 0.15) is 0 Å². The number of benzene rings is 2. The van der Waals surface area contributed by atoms with Gasteiger partial charge in [-0.25, -0.2) is 0 Å². The molecule has 35 heavy (non-hydrogen) atoms. The number of rotatable bonds is 8. The van der Waals surface area contributed by atoms with Gasteiger partial charge < -0.3 is 15.2 Å². The molecule has 8 nitrogen and oxygen atoms in total. The third-order valence-corrected chi connectivity index (χ3v) is 6.11. The van der Waals surface area contributed by atoms with Gasteiger partial charge in [-0.15, -0.1) is 0 Å². The zero-order chi connectivity index (χ0) is 24.8. The maximum atomic E-state index is 13.1. The summed E-state index contributed by atoms with van der Waals surface area (Å²) in [6, 6.07) is 15.1. The number of hydrogen-bond acceptors (Lipinski definition) is 6. The Bertz CT molecular complexity index is 1160. The molecule has 2 N–H and O–H groups in total. The molecule has 0 saturated carbocycles. The minimum atomic E-state index is -0.185. The fourth-order valence-corrected chi connectivity index (χ4v) is 4.16. The number of aryl methyl sites for hydroxylation is 1. The molecule has 1 saturated heterocycles. The first-order chi connectivity index (χ1) is 16.9. The van der Waals surface area contributed by atoms with Crippen molar-refractivity contribution in [3.8, 4) is 11.4 Å². The van der Waals surface area contributed by atoms with Crippen molar-refractivity contribution >= 4 is 17.5 Å². The molecule has 2 aromatic carbocycles. The van der Waals surface area contributed by atoms with Gasteiger partial charge in [-0.05, 0) is 44.4 Å². The molecule has 1 aromatic heterocycles. The number of likely N-dealkylation sites (tertiary alicyclic amines) is 1. The maximum Gasteiger partial charge on any atom is 0.253 e. The predicted octanol–water partition coefficient (Wildman–Crippen LogP) is 4.28. The normalized spacial score (nSPS) is 16.3. The van der Waals surface area contributed by atoms with Gasteiger partial charge in [-0.2, -0.15) is 4.98 Å². The molecule has 1 aliphatic heterocycles. The Morgan fingerprint density at radius 2 is 1.91 bits per heavy atom. The lowest BCUT2D eigenvalue weighted by Crippen LogP contribution is -2.40. The number of anilines is 1. The third-order valence-electron chi connectivity index (χ3n) is 6.11. The van der Waals surface area contributed by atoms with Crippen LogP contribution in [-0.2, 0) is 11.3 Å². The van der Waals surface area contributed by atoms with Gasteiger partial charge in [0.2, 0.25) is 17.6 Å². The van der Waals surface area contributed by atoms with E-state index in [0.29, 0.717) is 48.5 Å². The molecule has 0 bridgehead atoms. The molecule has 0 spiro atoms. The predicted molar refractivity (Wildman–Crippen MR) is 135 cm³/mol. The minimum Gasteiger partial charge on any atom is -0.352 e. The van der Waals surface area contributed by atoms with Crippen LogP contribution in [0.2, 0.25) is 0 Å². The number of hydrogen-bond donors (Lipinski definition) is 2. The summed E-state index contributed by atoms with van der Waals surface area (Å²) in [5, 5.41) is 10.0. The Morgan fingerprint density at radius 1 is 1.14 bits per heavy atom. The van der Waals surface area contributed by atoms with Crippen LogP contribution in [0.4, 0.5) is 5.69 Å². The molecule has 1 atom stereocenters. The van der Waals surface area contributed by atoms with Crippen molar-refractivity contribution in [2.75, 3.05) is 25.0 Å². The Kier molecular flexibility index (Phi) is 7.92. The Balaban J connectivity index is 1.36. The van der Waals surface area contributed by atoms with Gasteiger partial charge in [0.25, 0.3) is 5.91 Å². The van der Waals surface area contributed by atoms with Crippen molar-refractivity contribution in [2.24, 2.45) is 11.8 Å². The highest BCUT2D eigenvalue weighted by molar-refractivity contribution is 6.04. The summed E-state index contributed by atoms with van der Waals surface area (Å²) in [6.45, 7) is 8.66. The molecule has 2 heterocycles. The van der Waals surface area contributed by atoms with Crippen LogP contribution in [0.3, 0.4) is 0 Å². The molecule has 0 aliphatic carbocycles. The molecule has 8 heteroatoms. The molecule has 1 unspecified atom stereocenters. The Labute approximate surface area is 206 Å². The first kappa shape index (κ1) is 24.6. The molecular formula is C27H33N5O3. The number of aromatic nitrogens is 2. The van der Waals surface area contributed by atoms with E-state index in [0.717, 1.165) is 24.9 Å². The molecule has 3 aromatic rings. The van der Waals surface area contributed by atoms with Crippen LogP contribution in [0.15, 0.2) is 53.1 Å². The monoisotopic (exact) mass is 475 g/mol. The van der Waals surface area contributed by atoms with E-state index in [2.05, 4.69) is 25.7 Å². The number of para-hydroxylation sites is 1. The van der Waals surface area contributed by atoms with Crippen LogP contribution in [0, 0.1) is 18.8 Å². The van der Waals surface area contributed by atoms with Gasteiger partial charge in [0.15, 0.2) is 0 Å². The van der Waals surface area contributed by atoms with Crippen LogP contribution in [0.25, 0.3) is 11.4 Å². The van der Waals surface area contributed by atoms with E-state index in [4.69, 9.17) is 4.52 Å². The molecule has 0 radical (unpaired) electrons. The molecule has 1 fully saturated rings. The van der Waals surface area contributed by atoms with E-state index in [1.54, 1.807) is 18.2 Å². The van der Waals surface area contributed by atoms with Gasteiger partial charge in [-0.3, -0.25) is 14.5 Å². The van der Waals surface area contributed by atoms with Crippen molar-refractivity contribution in [3.63, 3.8) is 0 Å². The summed E-state index contributed by atoms with van der Waals surface area (Å²) in [7, 11) is 0. The van der Waals surface area contributed by atoms with Crippen LogP contribution < -0.4 is 10.6 Å². The van der Waals surface area contributed by atoms with Gasteiger partial charge >= 0.3 is 0 Å². The van der Waals surface area contributed by atoms with Crippen molar-refractivity contribution in [1.82, 2.24) is 20.4 Å². The van der Waals surface area contributed by atoms with E-state index in [-0.39, 0.29) is 17.7 Å². The first-order valence-corrected chi connectivity index (χ1v) is 12.2. The van der Waals surface area contributed by atoms with Crippen LogP contribution >= 0.6 is 0 Å². The summed E-state index contributed by atoms with van der Waals surface area (Å²) < 4.78 is 5.48. The third kappa shape index (κ3) is 6.54. The highest BCUT2D eigenvalue weighted by atomic mass is 16.5. The minimum absolute atomic E-state index is 0.0790. The van der Waals surface area contributed by atoms with E-state index < -0.39 is 0 Å². The number of piperidine rings is 1. The number of nitrogens with zero attached hydrogens (tertiary/aromatic N) is 3. The van der Waals surface area contributed by atoms with Crippen LogP contribution in [0.1, 0.15) is 48.5 Å². The van der Waals surface area contributed by atoms with E-state index in [1.807, 2.05) is 51.1 Å². The number of nitrogens with one attached hydrogen (secondary N) is 2. The highest BCUT2D eigenvalue weighted by Gasteiger charge is 2.28. The summed E-state index contributed by atoms with van der Waals surface area (Å²) in [5.74, 6) is 1.01.